The van der Waals surface area contributed by atoms with Gasteiger partial charge in [0.25, 0.3) is 5.56 Å². The van der Waals surface area contributed by atoms with E-state index in [4.69, 9.17) is 4.74 Å². The Labute approximate surface area is 183 Å². The zero-order valence-electron chi connectivity index (χ0n) is 17.5. The highest BCUT2D eigenvalue weighted by atomic mass is 32.2. The Balaban J connectivity index is 2.12. The van der Waals surface area contributed by atoms with Crippen molar-refractivity contribution in [1.29, 1.82) is 0 Å². The summed E-state index contributed by atoms with van der Waals surface area (Å²) in [5, 5.41) is 10.6. The van der Waals surface area contributed by atoms with Crippen LogP contribution >= 0.6 is 0 Å². The van der Waals surface area contributed by atoms with E-state index < -0.39 is 32.9 Å². The fraction of sp³-hybridized carbons (Fsp3) is 0.286. The molecule has 3 rings (SSSR count). The highest BCUT2D eigenvalue weighted by molar-refractivity contribution is 7.88. The van der Waals surface area contributed by atoms with Gasteiger partial charge in [-0.15, -0.1) is 0 Å². The molecule has 0 saturated carbocycles. The number of hydrogen-bond acceptors (Lipinski definition) is 7. The number of halogens is 1. The van der Waals surface area contributed by atoms with Gasteiger partial charge in [-0.25, -0.2) is 22.3 Å². The van der Waals surface area contributed by atoms with Gasteiger partial charge in [-0.3, -0.25) is 9.78 Å². The highest BCUT2D eigenvalue weighted by Gasteiger charge is 2.24. The average molecular weight is 463 g/mol. The summed E-state index contributed by atoms with van der Waals surface area (Å²) in [5.41, 5.74) is 0.275. The lowest BCUT2D eigenvalue weighted by molar-refractivity contribution is 0.0520. The van der Waals surface area contributed by atoms with Crippen molar-refractivity contribution < 1.29 is 27.4 Å². The van der Waals surface area contributed by atoms with Crippen molar-refractivity contribution in [3.05, 3.63) is 69.4 Å². The van der Waals surface area contributed by atoms with Gasteiger partial charge in [0.05, 0.1) is 18.4 Å². The van der Waals surface area contributed by atoms with Gasteiger partial charge in [0.1, 0.15) is 11.3 Å². The van der Waals surface area contributed by atoms with Gasteiger partial charge >= 0.3 is 5.97 Å². The van der Waals surface area contributed by atoms with E-state index in [1.165, 1.54) is 22.9 Å². The average Bonchev–Trinajstić information content (AvgIpc) is 2.71. The minimum atomic E-state index is -3.51. The van der Waals surface area contributed by atoms with Crippen LogP contribution in [0.2, 0.25) is 0 Å². The monoisotopic (exact) mass is 463 g/mol. The summed E-state index contributed by atoms with van der Waals surface area (Å²) in [6.45, 7) is 1.32. The summed E-state index contributed by atoms with van der Waals surface area (Å²) in [6.07, 6.45) is 2.83. The van der Waals surface area contributed by atoms with Crippen LogP contribution in [-0.4, -0.2) is 48.5 Å². The third-order valence-electron chi connectivity index (χ3n) is 4.64. The lowest BCUT2D eigenvalue weighted by Gasteiger charge is -2.15. The second-order valence-electron chi connectivity index (χ2n) is 7.08. The van der Waals surface area contributed by atoms with E-state index in [0.717, 1.165) is 11.8 Å². The van der Waals surface area contributed by atoms with Crippen molar-refractivity contribution in [3.63, 3.8) is 0 Å². The predicted molar refractivity (Wildman–Crippen MR) is 116 cm³/mol. The number of pyridine rings is 2. The lowest BCUT2D eigenvalue weighted by Crippen LogP contribution is -2.33. The highest BCUT2D eigenvalue weighted by Crippen LogP contribution is 2.26. The van der Waals surface area contributed by atoms with Crippen LogP contribution in [0.15, 0.2) is 41.3 Å². The molecule has 0 aliphatic carbocycles. The van der Waals surface area contributed by atoms with Crippen molar-refractivity contribution in [2.75, 3.05) is 19.4 Å². The van der Waals surface area contributed by atoms with Crippen molar-refractivity contribution in [2.45, 2.75) is 19.9 Å². The number of nitrogens with zero attached hydrogens (tertiary/aromatic N) is 2. The Morgan fingerprint density at radius 3 is 2.56 bits per heavy atom. The van der Waals surface area contributed by atoms with E-state index in [2.05, 4.69) is 9.71 Å². The fourth-order valence-corrected chi connectivity index (χ4v) is 3.70. The molecule has 2 N–H and O–H groups in total. The van der Waals surface area contributed by atoms with Crippen molar-refractivity contribution >= 4 is 27.0 Å². The number of rotatable bonds is 8. The summed E-state index contributed by atoms with van der Waals surface area (Å²) >= 11 is 0. The van der Waals surface area contributed by atoms with Gasteiger partial charge in [0, 0.05) is 19.3 Å². The number of ether oxygens (including phenoxy) is 1. The van der Waals surface area contributed by atoms with Crippen LogP contribution in [0.4, 0.5) is 4.39 Å². The molecule has 2 aromatic heterocycles. The summed E-state index contributed by atoms with van der Waals surface area (Å²) in [6, 6.07) is 7.50. The number of benzene rings is 1. The first-order valence-electron chi connectivity index (χ1n) is 9.71. The van der Waals surface area contributed by atoms with Gasteiger partial charge in [0.2, 0.25) is 10.0 Å². The second-order valence-corrected chi connectivity index (χ2v) is 8.91. The molecule has 0 radical (unpaired) electrons. The van der Waals surface area contributed by atoms with Crippen LogP contribution in [0.5, 0.6) is 5.75 Å². The van der Waals surface area contributed by atoms with Crippen LogP contribution in [-0.2, 0) is 27.7 Å². The second kappa shape index (κ2) is 9.45. The first kappa shape index (κ1) is 23.4. The standard InChI is InChI=1S/C21H22FN3O6S/c1-3-31-21(28)17-19(26)18-16(25(20(17)27)9-8-24-32(2,29)30)11-14(12-23-18)10-13-4-6-15(22)7-5-13/h4-7,11-12,24,26H,3,8-10H2,1-2H3. The summed E-state index contributed by atoms with van der Waals surface area (Å²) < 4.78 is 44.3. The number of carbonyl (C=O) groups is 1. The number of esters is 1. The van der Waals surface area contributed by atoms with E-state index in [0.29, 0.717) is 12.0 Å². The Hall–Kier alpha value is -3.31. The molecule has 0 fully saturated rings. The lowest BCUT2D eigenvalue weighted by atomic mass is 10.1. The maximum absolute atomic E-state index is 13.2. The molecule has 0 bridgehead atoms. The first-order chi connectivity index (χ1) is 15.1. The number of fused-ring (bicyclic) bond motifs is 1. The molecule has 0 aliphatic heterocycles. The molecule has 0 unspecified atom stereocenters. The molecule has 3 aromatic rings. The van der Waals surface area contributed by atoms with Crippen LogP contribution in [0.1, 0.15) is 28.4 Å². The minimum Gasteiger partial charge on any atom is -0.505 e. The molecule has 9 nitrogen and oxygen atoms in total. The fourth-order valence-electron chi connectivity index (χ4n) is 3.23. The van der Waals surface area contributed by atoms with Gasteiger partial charge in [-0.1, -0.05) is 12.1 Å². The minimum absolute atomic E-state index is 0.00454. The number of sulfonamides is 1. The van der Waals surface area contributed by atoms with E-state index >= 15 is 0 Å². The molecule has 170 valence electrons. The molecule has 0 spiro atoms. The zero-order chi connectivity index (χ0) is 23.5. The number of aromatic hydroxyl groups is 1. The Morgan fingerprint density at radius 1 is 1.25 bits per heavy atom. The Morgan fingerprint density at radius 2 is 1.94 bits per heavy atom. The molecule has 2 heterocycles. The van der Waals surface area contributed by atoms with E-state index in [9.17, 15) is 27.5 Å². The van der Waals surface area contributed by atoms with Crippen molar-refractivity contribution in [3.8, 4) is 5.75 Å². The summed E-state index contributed by atoms with van der Waals surface area (Å²) in [4.78, 5) is 29.5. The van der Waals surface area contributed by atoms with Crippen molar-refractivity contribution in [2.24, 2.45) is 0 Å². The summed E-state index contributed by atoms with van der Waals surface area (Å²) in [5.74, 6) is -1.97. The van der Waals surface area contributed by atoms with Gasteiger partial charge in [-0.2, -0.15) is 0 Å². The van der Waals surface area contributed by atoms with Gasteiger partial charge in [0.15, 0.2) is 11.3 Å². The summed E-state index contributed by atoms with van der Waals surface area (Å²) in [7, 11) is -3.51. The van der Waals surface area contributed by atoms with Crippen LogP contribution in [0, 0.1) is 5.82 Å². The third kappa shape index (κ3) is 5.29. The maximum atomic E-state index is 13.2. The van der Waals surface area contributed by atoms with E-state index in [-0.39, 0.29) is 36.5 Å². The molecule has 11 heteroatoms. The van der Waals surface area contributed by atoms with E-state index in [1.807, 2.05) is 0 Å². The number of hydrogen-bond donors (Lipinski definition) is 2. The number of aromatic nitrogens is 2. The maximum Gasteiger partial charge on any atom is 0.347 e. The van der Waals surface area contributed by atoms with Crippen LogP contribution < -0.4 is 10.3 Å². The largest absolute Gasteiger partial charge is 0.505 e. The first-order valence-corrected chi connectivity index (χ1v) is 11.6. The Kier molecular flexibility index (Phi) is 6.90. The van der Waals surface area contributed by atoms with E-state index in [1.54, 1.807) is 25.1 Å². The number of carbonyl (C=O) groups excluding carboxylic acids is 1. The van der Waals surface area contributed by atoms with Gasteiger partial charge < -0.3 is 14.4 Å². The van der Waals surface area contributed by atoms with Crippen LogP contribution in [0.3, 0.4) is 0 Å². The van der Waals surface area contributed by atoms with Gasteiger partial charge in [-0.05, 0) is 42.7 Å². The molecule has 32 heavy (non-hydrogen) atoms. The molecule has 0 amide bonds. The molecule has 0 aliphatic rings. The zero-order valence-corrected chi connectivity index (χ0v) is 18.3. The van der Waals surface area contributed by atoms with Crippen molar-refractivity contribution in [1.82, 2.24) is 14.3 Å². The molecule has 0 saturated heterocycles. The smallest absolute Gasteiger partial charge is 0.347 e. The Bertz CT molecular complexity index is 1320. The molecule has 0 atom stereocenters. The third-order valence-corrected chi connectivity index (χ3v) is 5.36. The molecular formula is C21H22FN3O6S. The predicted octanol–water partition coefficient (Wildman–Crippen LogP) is 1.56. The number of nitrogens with one attached hydrogen (secondary N) is 1. The quantitative estimate of drug-likeness (QED) is 0.485. The topological polar surface area (TPSA) is 128 Å². The van der Waals surface area contributed by atoms with Crippen LogP contribution in [0.25, 0.3) is 11.0 Å². The molecule has 1 aromatic carbocycles. The SMILES string of the molecule is CCOC(=O)c1c(O)c2ncc(Cc3ccc(F)cc3)cc2n(CCNS(C)(=O)=O)c1=O. The normalized spacial score (nSPS) is 11.6. The molecular weight excluding hydrogens is 441 g/mol.